The van der Waals surface area contributed by atoms with Gasteiger partial charge in [-0.05, 0) is 58.0 Å². The number of nitrogens with zero attached hydrogens (tertiary/aromatic N) is 3. The molecule has 5 rings (SSSR count). The minimum Gasteiger partial charge on any atom is -0.453 e. The van der Waals surface area contributed by atoms with Crippen LogP contribution in [0.15, 0.2) is 29.0 Å². The van der Waals surface area contributed by atoms with Crippen LogP contribution in [0.2, 0.25) is 0 Å². The van der Waals surface area contributed by atoms with E-state index in [-0.39, 0.29) is 17.9 Å². The highest BCUT2D eigenvalue weighted by Gasteiger charge is 2.52. The number of imidazole rings is 1. The number of rotatable bonds is 6. The quantitative estimate of drug-likeness (QED) is 0.457. The molecule has 1 aromatic carbocycles. The van der Waals surface area contributed by atoms with E-state index in [9.17, 15) is 9.59 Å². The molecule has 2 unspecified atom stereocenters. The Morgan fingerprint density at radius 2 is 1.90 bits per heavy atom. The summed E-state index contributed by atoms with van der Waals surface area (Å²) in [6.45, 7) is 12.4. The predicted octanol–water partition coefficient (Wildman–Crippen LogP) is 3.56. The van der Waals surface area contributed by atoms with Gasteiger partial charge in [0.15, 0.2) is 5.58 Å². The Hall–Kier alpha value is -3.38. The molecule has 39 heavy (non-hydrogen) atoms. The Morgan fingerprint density at radius 1 is 1.18 bits per heavy atom. The minimum absolute atomic E-state index is 0.104. The lowest BCUT2D eigenvalue weighted by Crippen LogP contribution is -2.51. The van der Waals surface area contributed by atoms with Gasteiger partial charge in [0.2, 0.25) is 5.91 Å². The Kier molecular flexibility index (Phi) is 6.96. The second kappa shape index (κ2) is 9.98. The number of benzene rings is 1. The molecule has 2 N–H and O–H groups in total. The molecule has 208 valence electrons. The van der Waals surface area contributed by atoms with Crippen molar-refractivity contribution in [2.75, 3.05) is 13.7 Å². The largest absolute Gasteiger partial charge is 0.495 e. The lowest BCUT2D eigenvalue weighted by Gasteiger charge is -2.32. The Labute approximate surface area is 228 Å². The van der Waals surface area contributed by atoms with Crippen LogP contribution < -0.4 is 10.8 Å². The van der Waals surface area contributed by atoms with Gasteiger partial charge in [0.25, 0.3) is 0 Å². The number of carbonyl (C=O) groups excluding carboxylic acids is 2. The number of carbonyl (C=O) groups is 2. The van der Waals surface area contributed by atoms with Gasteiger partial charge < -0.3 is 33.8 Å². The normalized spacial score (nSPS) is 21.1. The molecule has 2 aliphatic rings. The van der Waals surface area contributed by atoms with Gasteiger partial charge >= 0.3 is 13.2 Å². The molecular formula is C27H36BN5O6. The predicted molar refractivity (Wildman–Crippen MR) is 145 cm³/mol. The van der Waals surface area contributed by atoms with Gasteiger partial charge in [0, 0.05) is 17.5 Å². The summed E-state index contributed by atoms with van der Waals surface area (Å²) in [5.74, 6) is 0.423. The molecule has 2 fully saturated rings. The molecule has 0 aliphatic carbocycles. The van der Waals surface area contributed by atoms with Crippen LogP contribution in [-0.4, -0.2) is 70.0 Å². The van der Waals surface area contributed by atoms with E-state index >= 15 is 0 Å². The van der Waals surface area contributed by atoms with Crippen molar-refractivity contribution in [3.8, 4) is 11.3 Å². The van der Waals surface area contributed by atoms with Crippen LogP contribution in [-0.2, 0) is 18.8 Å². The SMILES string of the molecule is COC(=O)NC(C(=O)N1CCCC1c1ncc(-c2ccc(B3OC(C)(C)C(C)(C)O3)c3cnoc23)[nH]1)C(C)C. The number of nitrogens with one attached hydrogen (secondary N) is 2. The second-order valence-electron chi connectivity index (χ2n) is 11.6. The molecule has 4 heterocycles. The molecule has 2 aliphatic heterocycles. The first-order chi connectivity index (χ1) is 18.4. The third kappa shape index (κ3) is 4.80. The average Bonchev–Trinajstić information content (AvgIpc) is 3.66. The highest BCUT2D eigenvalue weighted by atomic mass is 16.7. The molecule has 12 heteroatoms. The van der Waals surface area contributed by atoms with E-state index in [2.05, 4.69) is 20.4 Å². The van der Waals surface area contributed by atoms with Crippen molar-refractivity contribution < 1.29 is 28.2 Å². The number of alkyl carbamates (subject to hydrolysis) is 1. The van der Waals surface area contributed by atoms with Crippen LogP contribution in [0.3, 0.4) is 0 Å². The van der Waals surface area contributed by atoms with Gasteiger partial charge in [-0.2, -0.15) is 0 Å². The fourth-order valence-electron chi connectivity index (χ4n) is 5.20. The first-order valence-corrected chi connectivity index (χ1v) is 13.4. The summed E-state index contributed by atoms with van der Waals surface area (Å²) in [6, 6.07) is 2.98. The maximum absolute atomic E-state index is 13.5. The van der Waals surface area contributed by atoms with E-state index in [1.165, 1.54) is 7.11 Å². The van der Waals surface area contributed by atoms with Gasteiger partial charge in [-0.25, -0.2) is 9.78 Å². The van der Waals surface area contributed by atoms with E-state index in [1.54, 1.807) is 17.3 Å². The smallest absolute Gasteiger partial charge is 0.453 e. The zero-order valence-corrected chi connectivity index (χ0v) is 23.5. The Bertz CT molecular complexity index is 1370. The number of hydrogen-bond acceptors (Lipinski definition) is 8. The fourth-order valence-corrected chi connectivity index (χ4v) is 5.20. The molecule has 2 amide bonds. The van der Waals surface area contributed by atoms with Gasteiger partial charge in [-0.1, -0.05) is 25.1 Å². The number of methoxy groups -OCH3 is 1. The summed E-state index contributed by atoms with van der Waals surface area (Å²) in [5.41, 5.74) is 2.05. The molecule has 2 aromatic heterocycles. The van der Waals surface area contributed by atoms with Crippen molar-refractivity contribution in [2.45, 2.75) is 77.7 Å². The zero-order valence-electron chi connectivity index (χ0n) is 23.5. The lowest BCUT2D eigenvalue weighted by atomic mass is 9.76. The number of aromatic amines is 1. The number of likely N-dealkylation sites (tertiary alicyclic amines) is 1. The summed E-state index contributed by atoms with van der Waals surface area (Å²) in [5, 5.41) is 7.54. The number of hydrogen-bond donors (Lipinski definition) is 2. The van der Waals surface area contributed by atoms with Crippen LogP contribution in [0.25, 0.3) is 22.2 Å². The molecule has 0 bridgehead atoms. The molecule has 0 radical (unpaired) electrons. The summed E-state index contributed by atoms with van der Waals surface area (Å²) in [7, 11) is 0.738. The molecule has 3 aromatic rings. The van der Waals surface area contributed by atoms with E-state index in [0.717, 1.165) is 34.9 Å². The van der Waals surface area contributed by atoms with Gasteiger partial charge in [0.1, 0.15) is 11.9 Å². The number of aromatic nitrogens is 3. The summed E-state index contributed by atoms with van der Waals surface area (Å²) in [6.07, 6.45) is 4.39. The van der Waals surface area contributed by atoms with Crippen LogP contribution in [0.5, 0.6) is 0 Å². The van der Waals surface area contributed by atoms with Crippen LogP contribution in [0.4, 0.5) is 4.79 Å². The van der Waals surface area contributed by atoms with Crippen molar-refractivity contribution in [3.05, 3.63) is 30.4 Å². The fraction of sp³-hybridized carbons (Fsp3) is 0.556. The van der Waals surface area contributed by atoms with E-state index < -0.39 is 30.5 Å². The van der Waals surface area contributed by atoms with E-state index in [1.807, 2.05) is 53.7 Å². The molecule has 11 nitrogen and oxygen atoms in total. The Morgan fingerprint density at radius 3 is 2.56 bits per heavy atom. The number of H-pyrrole nitrogens is 1. The molecular weight excluding hydrogens is 501 g/mol. The average molecular weight is 537 g/mol. The molecule has 0 spiro atoms. The van der Waals surface area contributed by atoms with Crippen LogP contribution in [0, 0.1) is 5.92 Å². The van der Waals surface area contributed by atoms with Crippen molar-refractivity contribution in [1.82, 2.24) is 25.3 Å². The maximum atomic E-state index is 13.5. The number of ether oxygens (including phenoxy) is 1. The highest BCUT2D eigenvalue weighted by molar-refractivity contribution is 6.65. The monoisotopic (exact) mass is 537 g/mol. The van der Waals surface area contributed by atoms with Crippen molar-refractivity contribution >= 4 is 35.6 Å². The van der Waals surface area contributed by atoms with E-state index in [4.69, 9.17) is 18.6 Å². The highest BCUT2D eigenvalue weighted by Crippen LogP contribution is 2.38. The van der Waals surface area contributed by atoms with Crippen LogP contribution in [0.1, 0.15) is 66.3 Å². The third-order valence-electron chi connectivity index (χ3n) is 8.19. The van der Waals surface area contributed by atoms with Crippen LogP contribution >= 0.6 is 0 Å². The zero-order chi connectivity index (χ0) is 28.1. The number of fused-ring (bicyclic) bond motifs is 1. The van der Waals surface area contributed by atoms with Gasteiger partial charge in [0.05, 0.1) is 42.4 Å². The lowest BCUT2D eigenvalue weighted by molar-refractivity contribution is -0.135. The van der Waals surface area contributed by atoms with Crippen molar-refractivity contribution in [1.29, 1.82) is 0 Å². The molecule has 2 atom stereocenters. The molecule has 0 saturated carbocycles. The summed E-state index contributed by atoms with van der Waals surface area (Å²) >= 11 is 0. The second-order valence-corrected chi connectivity index (χ2v) is 11.6. The first-order valence-electron chi connectivity index (χ1n) is 13.4. The summed E-state index contributed by atoms with van der Waals surface area (Å²) in [4.78, 5) is 35.2. The third-order valence-corrected chi connectivity index (χ3v) is 8.19. The Balaban J connectivity index is 1.41. The van der Waals surface area contributed by atoms with Gasteiger partial charge in [-0.15, -0.1) is 0 Å². The first kappa shape index (κ1) is 27.2. The topological polar surface area (TPSA) is 132 Å². The van der Waals surface area contributed by atoms with E-state index in [0.29, 0.717) is 18.0 Å². The standard InChI is InChI=1S/C27H36BN5O6/c1-15(2)21(32-25(35)36-7)24(34)33-12-8-9-20(33)23-29-14-19(31-23)16-10-11-18(17-13-30-37-22(16)17)28-38-26(3,4)27(5,6)39-28/h10-11,13-15,20-21H,8-9,12H2,1-7H3,(H,29,31)(H,32,35). The van der Waals surface area contributed by atoms with Crippen molar-refractivity contribution in [3.63, 3.8) is 0 Å². The summed E-state index contributed by atoms with van der Waals surface area (Å²) < 4.78 is 22.9. The maximum Gasteiger partial charge on any atom is 0.495 e. The van der Waals surface area contributed by atoms with Crippen molar-refractivity contribution in [2.24, 2.45) is 5.92 Å². The number of amides is 2. The molecule has 2 saturated heterocycles. The minimum atomic E-state index is -0.691. The van der Waals surface area contributed by atoms with Gasteiger partial charge in [-0.3, -0.25) is 4.79 Å².